The van der Waals surface area contributed by atoms with E-state index in [-0.39, 0.29) is 11.9 Å². The summed E-state index contributed by atoms with van der Waals surface area (Å²) in [5, 5.41) is 3.14. The third-order valence-electron chi connectivity index (χ3n) is 5.26. The predicted octanol–water partition coefficient (Wildman–Crippen LogP) is 3.72. The van der Waals surface area contributed by atoms with Crippen LogP contribution < -0.4 is 15.0 Å². The van der Waals surface area contributed by atoms with Gasteiger partial charge in [0.05, 0.1) is 18.2 Å². The number of para-hydroxylation sites is 1. The minimum absolute atomic E-state index is 0.0850. The molecule has 2 aromatic rings. The van der Waals surface area contributed by atoms with Crippen molar-refractivity contribution in [2.45, 2.75) is 25.8 Å². The highest BCUT2D eigenvalue weighted by atomic mass is 16.5. The molecule has 5 nitrogen and oxygen atoms in total. The molecular formula is C23H31N3O2. The van der Waals surface area contributed by atoms with Gasteiger partial charge in [-0.05, 0) is 62.7 Å². The van der Waals surface area contributed by atoms with E-state index in [1.807, 2.05) is 45.3 Å². The first-order chi connectivity index (χ1) is 13.6. The average Bonchev–Trinajstić information content (AvgIpc) is 3.23. The molecule has 0 aromatic heterocycles. The molecule has 0 spiro atoms. The van der Waals surface area contributed by atoms with E-state index in [4.69, 9.17) is 4.74 Å². The van der Waals surface area contributed by atoms with E-state index < -0.39 is 0 Å². The molecule has 5 heteroatoms. The first kappa shape index (κ1) is 20.2. The lowest BCUT2D eigenvalue weighted by Gasteiger charge is -2.28. The molecule has 28 heavy (non-hydrogen) atoms. The molecule has 1 aliphatic heterocycles. The summed E-state index contributed by atoms with van der Waals surface area (Å²) in [6.07, 6.45) is 2.43. The van der Waals surface area contributed by atoms with Crippen LogP contribution in [0.15, 0.2) is 48.5 Å². The van der Waals surface area contributed by atoms with Crippen molar-refractivity contribution in [3.8, 4) is 5.75 Å². The van der Waals surface area contributed by atoms with Crippen LogP contribution in [0.2, 0.25) is 0 Å². The fraction of sp³-hybridized carbons (Fsp3) is 0.435. The van der Waals surface area contributed by atoms with Gasteiger partial charge in [0.25, 0.3) is 5.91 Å². The number of carbonyl (C=O) groups excluding carboxylic acids is 1. The third kappa shape index (κ3) is 4.84. The first-order valence-electron chi connectivity index (χ1n) is 10.1. The lowest BCUT2D eigenvalue weighted by Crippen LogP contribution is -2.37. The molecule has 0 bridgehead atoms. The maximum Gasteiger partial charge on any atom is 0.255 e. The van der Waals surface area contributed by atoms with Crippen molar-refractivity contribution >= 4 is 11.6 Å². The third-order valence-corrected chi connectivity index (χ3v) is 5.26. The van der Waals surface area contributed by atoms with Crippen LogP contribution in [0.4, 0.5) is 5.69 Å². The predicted molar refractivity (Wildman–Crippen MR) is 114 cm³/mol. The Kier molecular flexibility index (Phi) is 6.93. The van der Waals surface area contributed by atoms with Crippen LogP contribution >= 0.6 is 0 Å². The van der Waals surface area contributed by atoms with E-state index >= 15 is 0 Å². The van der Waals surface area contributed by atoms with Crippen LogP contribution in [-0.2, 0) is 0 Å². The molecule has 1 aliphatic rings. The van der Waals surface area contributed by atoms with Crippen molar-refractivity contribution < 1.29 is 9.53 Å². The van der Waals surface area contributed by atoms with Gasteiger partial charge in [-0.25, -0.2) is 0 Å². The van der Waals surface area contributed by atoms with Gasteiger partial charge >= 0.3 is 0 Å². The van der Waals surface area contributed by atoms with E-state index in [0.29, 0.717) is 24.5 Å². The number of nitrogens with zero attached hydrogens (tertiary/aromatic N) is 2. The van der Waals surface area contributed by atoms with Crippen molar-refractivity contribution in [2.75, 3.05) is 45.2 Å². The average molecular weight is 382 g/mol. The maximum atomic E-state index is 12.8. The number of benzene rings is 2. The van der Waals surface area contributed by atoms with Gasteiger partial charge in [0.15, 0.2) is 0 Å². The summed E-state index contributed by atoms with van der Waals surface area (Å²) >= 11 is 0. The minimum atomic E-state index is -0.0850. The number of rotatable bonds is 8. The zero-order chi connectivity index (χ0) is 19.9. The first-order valence-corrected chi connectivity index (χ1v) is 10.1. The number of nitrogens with one attached hydrogen (secondary N) is 1. The summed E-state index contributed by atoms with van der Waals surface area (Å²) in [5.74, 6) is 0.550. The molecule has 0 saturated carbocycles. The Labute approximate surface area is 168 Å². The highest BCUT2D eigenvalue weighted by Gasteiger charge is 2.24. The molecular weight excluding hydrogens is 350 g/mol. The summed E-state index contributed by atoms with van der Waals surface area (Å²) in [6.45, 7) is 5.20. The van der Waals surface area contributed by atoms with E-state index in [0.717, 1.165) is 13.1 Å². The molecule has 2 aromatic carbocycles. The summed E-state index contributed by atoms with van der Waals surface area (Å²) < 4.78 is 5.61. The molecule has 1 N–H and O–H groups in total. The molecule has 0 unspecified atom stereocenters. The van der Waals surface area contributed by atoms with E-state index in [1.54, 1.807) is 0 Å². The SMILES string of the molecule is CCOc1ccccc1C(=O)NC[C@H](c1ccc(N(C)C)cc1)N1CCCC1. The molecule has 0 radical (unpaired) electrons. The molecule has 1 heterocycles. The van der Waals surface area contributed by atoms with E-state index in [2.05, 4.69) is 39.4 Å². The van der Waals surface area contributed by atoms with Crippen molar-refractivity contribution in [3.63, 3.8) is 0 Å². The van der Waals surface area contributed by atoms with Crippen LogP contribution in [0.3, 0.4) is 0 Å². The van der Waals surface area contributed by atoms with Gasteiger partial charge < -0.3 is 15.0 Å². The van der Waals surface area contributed by atoms with Crippen molar-refractivity contribution in [1.82, 2.24) is 10.2 Å². The van der Waals surface area contributed by atoms with Crippen molar-refractivity contribution in [3.05, 3.63) is 59.7 Å². The summed E-state index contributed by atoms with van der Waals surface area (Å²) in [5.41, 5.74) is 3.01. The quantitative estimate of drug-likeness (QED) is 0.757. The molecule has 1 saturated heterocycles. The molecule has 150 valence electrons. The zero-order valence-electron chi connectivity index (χ0n) is 17.1. The normalized spacial score (nSPS) is 15.2. The Morgan fingerprint density at radius 1 is 1.11 bits per heavy atom. The van der Waals surface area contributed by atoms with Crippen LogP contribution in [0.5, 0.6) is 5.75 Å². The second kappa shape index (κ2) is 9.60. The topological polar surface area (TPSA) is 44.8 Å². The van der Waals surface area contributed by atoms with Crippen molar-refractivity contribution in [1.29, 1.82) is 0 Å². The Hall–Kier alpha value is -2.53. The van der Waals surface area contributed by atoms with Crippen LogP contribution in [0, 0.1) is 0 Å². The number of likely N-dealkylation sites (tertiary alicyclic amines) is 1. The highest BCUT2D eigenvalue weighted by Crippen LogP contribution is 2.26. The van der Waals surface area contributed by atoms with Crippen LogP contribution in [0.1, 0.15) is 41.7 Å². The number of amides is 1. The van der Waals surface area contributed by atoms with Crippen molar-refractivity contribution in [2.24, 2.45) is 0 Å². The second-order valence-corrected chi connectivity index (χ2v) is 7.38. The molecule has 3 rings (SSSR count). The summed E-state index contributed by atoms with van der Waals surface area (Å²) in [6, 6.07) is 16.2. The summed E-state index contributed by atoms with van der Waals surface area (Å²) in [4.78, 5) is 17.4. The number of hydrogen-bond acceptors (Lipinski definition) is 4. The van der Waals surface area contributed by atoms with Gasteiger partial charge in [0.2, 0.25) is 0 Å². The number of carbonyl (C=O) groups is 1. The Balaban J connectivity index is 1.74. The highest BCUT2D eigenvalue weighted by molar-refractivity contribution is 5.96. The maximum absolute atomic E-state index is 12.8. The second-order valence-electron chi connectivity index (χ2n) is 7.38. The van der Waals surface area contributed by atoms with Gasteiger partial charge in [-0.1, -0.05) is 24.3 Å². The van der Waals surface area contributed by atoms with Gasteiger partial charge in [-0.2, -0.15) is 0 Å². The minimum Gasteiger partial charge on any atom is -0.493 e. The number of anilines is 1. The fourth-order valence-electron chi connectivity index (χ4n) is 3.73. The Morgan fingerprint density at radius 3 is 2.43 bits per heavy atom. The molecule has 1 amide bonds. The fourth-order valence-corrected chi connectivity index (χ4v) is 3.73. The zero-order valence-corrected chi connectivity index (χ0v) is 17.1. The number of ether oxygens (including phenoxy) is 1. The molecule has 0 aliphatic carbocycles. The monoisotopic (exact) mass is 381 g/mol. The van der Waals surface area contributed by atoms with Crippen LogP contribution in [-0.4, -0.2) is 51.1 Å². The summed E-state index contributed by atoms with van der Waals surface area (Å²) in [7, 11) is 4.09. The molecule has 1 atom stereocenters. The Morgan fingerprint density at radius 2 is 1.79 bits per heavy atom. The van der Waals surface area contributed by atoms with Gasteiger partial charge in [0, 0.05) is 26.3 Å². The van der Waals surface area contributed by atoms with Gasteiger partial charge in [-0.15, -0.1) is 0 Å². The smallest absolute Gasteiger partial charge is 0.255 e. The Bertz CT molecular complexity index is 768. The lowest BCUT2D eigenvalue weighted by atomic mass is 10.0. The van der Waals surface area contributed by atoms with E-state index in [9.17, 15) is 4.79 Å². The molecule has 1 fully saturated rings. The van der Waals surface area contributed by atoms with Crippen LogP contribution in [0.25, 0.3) is 0 Å². The van der Waals surface area contributed by atoms with Gasteiger partial charge in [0.1, 0.15) is 5.75 Å². The van der Waals surface area contributed by atoms with E-state index in [1.165, 1.54) is 24.1 Å². The number of hydrogen-bond donors (Lipinski definition) is 1. The standard InChI is InChI=1S/C23H31N3O2/c1-4-28-22-10-6-5-9-20(22)23(27)24-17-21(26-15-7-8-16-26)18-11-13-19(14-12-18)25(2)3/h5-6,9-14,21H,4,7-8,15-17H2,1-3H3,(H,24,27)/t21-/m1/s1. The largest absolute Gasteiger partial charge is 0.493 e. The lowest BCUT2D eigenvalue weighted by molar-refractivity contribution is 0.0934. The van der Waals surface area contributed by atoms with Gasteiger partial charge in [-0.3, -0.25) is 9.69 Å².